The molecule has 0 heterocycles. The molecule has 102 valence electrons. The number of hydrogen-bond donors (Lipinski definition) is 5. The maximum Gasteiger partial charge on any atom is 0.470 e. The van der Waals surface area contributed by atoms with E-state index in [0.29, 0.717) is 0 Å². The van der Waals surface area contributed by atoms with Crippen molar-refractivity contribution < 1.29 is 42.5 Å². The number of amides is 1. The number of phosphoric acid groups is 2. The van der Waals surface area contributed by atoms with Crippen molar-refractivity contribution in [2.75, 3.05) is 20.0 Å². The van der Waals surface area contributed by atoms with E-state index in [-0.39, 0.29) is 0 Å². The van der Waals surface area contributed by atoms with Crippen molar-refractivity contribution in [3.05, 3.63) is 0 Å². The number of primary amides is 1. The Morgan fingerprint density at radius 2 is 1.41 bits per heavy atom. The minimum Gasteiger partial charge on any atom is -0.369 e. The van der Waals surface area contributed by atoms with Gasteiger partial charge in [-0.2, -0.15) is 0 Å². The third-order valence-corrected chi connectivity index (χ3v) is 2.10. The molecule has 0 aliphatic heterocycles. The molecule has 0 spiro atoms. The van der Waals surface area contributed by atoms with E-state index in [1.807, 2.05) is 0 Å². The second kappa shape index (κ2) is 6.55. The third kappa shape index (κ3) is 11.9. The van der Waals surface area contributed by atoms with Gasteiger partial charge in [0.15, 0.2) is 0 Å². The smallest absolute Gasteiger partial charge is 0.369 e. The standard InChI is InChI=1S/C4H12N2O9P2/c5-4(7)1-6(2-14-16(8,9)10)3-15-17(11,12)13/h1-3H2,(H2,5,7)(H2,8,9,10)(H2,11,12,13). The van der Waals surface area contributed by atoms with Crippen LogP contribution in [0.5, 0.6) is 0 Å². The summed E-state index contributed by atoms with van der Waals surface area (Å²) in [6.07, 6.45) is 0. The van der Waals surface area contributed by atoms with E-state index in [0.717, 1.165) is 4.90 Å². The van der Waals surface area contributed by atoms with Crippen LogP contribution in [0.2, 0.25) is 0 Å². The first kappa shape index (κ1) is 16.6. The number of rotatable bonds is 8. The van der Waals surface area contributed by atoms with E-state index in [1.165, 1.54) is 0 Å². The molecule has 0 unspecified atom stereocenters. The first-order valence-corrected chi connectivity index (χ1v) is 6.96. The predicted molar refractivity (Wildman–Crippen MR) is 51.9 cm³/mol. The highest BCUT2D eigenvalue weighted by Crippen LogP contribution is 2.37. The monoisotopic (exact) mass is 294 g/mol. The molecule has 0 aliphatic carbocycles. The number of nitrogens with two attached hydrogens (primary N) is 1. The predicted octanol–water partition coefficient (Wildman–Crippen LogP) is -2.09. The molecule has 0 aliphatic rings. The molecule has 0 fully saturated rings. The van der Waals surface area contributed by atoms with Crippen LogP contribution in [-0.2, 0) is 23.0 Å². The van der Waals surface area contributed by atoms with Crippen LogP contribution in [0.25, 0.3) is 0 Å². The summed E-state index contributed by atoms with van der Waals surface area (Å²) in [7, 11) is -9.54. The van der Waals surface area contributed by atoms with Crippen LogP contribution in [-0.4, -0.2) is 50.4 Å². The second-order valence-electron chi connectivity index (χ2n) is 2.79. The lowest BCUT2D eigenvalue weighted by atomic mass is 10.6. The lowest BCUT2D eigenvalue weighted by Crippen LogP contribution is -2.36. The highest BCUT2D eigenvalue weighted by atomic mass is 31.2. The fraction of sp³-hybridized carbons (Fsp3) is 0.750. The van der Waals surface area contributed by atoms with E-state index in [4.69, 9.17) is 25.3 Å². The maximum absolute atomic E-state index is 10.5. The Morgan fingerprint density at radius 1 is 1.06 bits per heavy atom. The van der Waals surface area contributed by atoms with Crippen LogP contribution in [0.1, 0.15) is 0 Å². The largest absolute Gasteiger partial charge is 0.470 e. The topological polar surface area (TPSA) is 180 Å². The van der Waals surface area contributed by atoms with Gasteiger partial charge in [0, 0.05) is 0 Å². The zero-order valence-corrected chi connectivity index (χ0v) is 10.2. The normalized spacial score (nSPS) is 13.0. The van der Waals surface area contributed by atoms with Crippen molar-refractivity contribution in [1.82, 2.24) is 4.90 Å². The summed E-state index contributed by atoms with van der Waals surface area (Å²) in [6.45, 7) is -2.12. The Balaban J connectivity index is 4.29. The van der Waals surface area contributed by atoms with Crippen LogP contribution in [0.4, 0.5) is 0 Å². The SMILES string of the molecule is NC(=O)CN(COP(=O)(O)O)COP(=O)(O)O. The van der Waals surface area contributed by atoms with E-state index >= 15 is 0 Å². The van der Waals surface area contributed by atoms with E-state index < -0.39 is 41.6 Å². The highest BCUT2D eigenvalue weighted by Gasteiger charge is 2.21. The van der Waals surface area contributed by atoms with Crippen molar-refractivity contribution >= 4 is 21.6 Å². The summed E-state index contributed by atoms with van der Waals surface area (Å²) < 4.78 is 28.7. The Hall–Kier alpha value is -0.350. The summed E-state index contributed by atoms with van der Waals surface area (Å²) in [6, 6.07) is 0. The summed E-state index contributed by atoms with van der Waals surface area (Å²) in [5, 5.41) is 0. The van der Waals surface area contributed by atoms with Gasteiger partial charge in [-0.25, -0.2) is 14.0 Å². The summed E-state index contributed by atoms with van der Waals surface area (Å²) in [4.78, 5) is 44.8. The van der Waals surface area contributed by atoms with Gasteiger partial charge in [-0.1, -0.05) is 0 Å². The number of phosphoric ester groups is 2. The molecular weight excluding hydrogens is 282 g/mol. The molecule has 0 atom stereocenters. The minimum atomic E-state index is -4.77. The average molecular weight is 294 g/mol. The molecule has 6 N–H and O–H groups in total. The van der Waals surface area contributed by atoms with Crippen LogP contribution in [0, 0.1) is 0 Å². The van der Waals surface area contributed by atoms with Crippen LogP contribution < -0.4 is 5.73 Å². The molecule has 0 aromatic carbocycles. The fourth-order valence-electron chi connectivity index (χ4n) is 0.663. The number of carbonyl (C=O) groups is 1. The first-order chi connectivity index (χ1) is 7.49. The molecule has 1 amide bonds. The number of carbonyl (C=O) groups excluding carboxylic acids is 1. The molecule has 0 aromatic rings. The van der Waals surface area contributed by atoms with Crippen molar-refractivity contribution in [3.8, 4) is 0 Å². The Kier molecular flexibility index (Phi) is 6.41. The first-order valence-electron chi connectivity index (χ1n) is 3.90. The minimum absolute atomic E-state index is 0.556. The Morgan fingerprint density at radius 3 is 1.65 bits per heavy atom. The van der Waals surface area contributed by atoms with Gasteiger partial charge in [0.25, 0.3) is 0 Å². The molecule has 11 nitrogen and oxygen atoms in total. The van der Waals surface area contributed by atoms with Crippen molar-refractivity contribution in [2.45, 2.75) is 0 Å². The van der Waals surface area contributed by atoms with Gasteiger partial charge in [-0.05, 0) is 0 Å². The van der Waals surface area contributed by atoms with Crippen LogP contribution in [0.3, 0.4) is 0 Å². The maximum atomic E-state index is 10.5. The third-order valence-electron chi connectivity index (χ3n) is 1.20. The quantitative estimate of drug-likeness (QED) is 0.246. The van der Waals surface area contributed by atoms with Crippen LogP contribution >= 0.6 is 15.6 Å². The summed E-state index contributed by atoms with van der Waals surface area (Å²) >= 11 is 0. The number of nitrogens with zero attached hydrogens (tertiary/aromatic N) is 1. The summed E-state index contributed by atoms with van der Waals surface area (Å²) in [5.41, 5.74) is 4.79. The van der Waals surface area contributed by atoms with Gasteiger partial charge in [-0.15, -0.1) is 0 Å². The molecule has 17 heavy (non-hydrogen) atoms. The number of hydrogen-bond acceptors (Lipinski definition) is 6. The van der Waals surface area contributed by atoms with Gasteiger partial charge < -0.3 is 25.3 Å². The van der Waals surface area contributed by atoms with Gasteiger partial charge >= 0.3 is 15.6 Å². The molecule has 0 aromatic heterocycles. The van der Waals surface area contributed by atoms with Gasteiger partial charge in [0.2, 0.25) is 5.91 Å². The molecule has 0 saturated heterocycles. The molecule has 0 radical (unpaired) electrons. The van der Waals surface area contributed by atoms with Crippen molar-refractivity contribution in [1.29, 1.82) is 0 Å². The molecule has 0 saturated carbocycles. The fourth-order valence-corrected chi connectivity index (χ4v) is 1.29. The van der Waals surface area contributed by atoms with Gasteiger partial charge in [0.1, 0.15) is 13.5 Å². The van der Waals surface area contributed by atoms with Crippen molar-refractivity contribution in [2.24, 2.45) is 5.73 Å². The molecule has 13 heteroatoms. The lowest BCUT2D eigenvalue weighted by molar-refractivity contribution is -0.121. The second-order valence-corrected chi connectivity index (χ2v) is 5.27. The van der Waals surface area contributed by atoms with E-state index in [1.54, 1.807) is 0 Å². The van der Waals surface area contributed by atoms with Gasteiger partial charge in [-0.3, -0.25) is 13.8 Å². The lowest BCUT2D eigenvalue weighted by Gasteiger charge is -2.20. The van der Waals surface area contributed by atoms with E-state index in [2.05, 4.69) is 9.05 Å². The Labute approximate surface area is 95.6 Å². The molecular formula is C4H12N2O9P2. The highest BCUT2D eigenvalue weighted by molar-refractivity contribution is 7.46. The van der Waals surface area contributed by atoms with E-state index in [9.17, 15) is 13.9 Å². The van der Waals surface area contributed by atoms with Crippen molar-refractivity contribution in [3.63, 3.8) is 0 Å². The van der Waals surface area contributed by atoms with Crippen LogP contribution in [0.15, 0.2) is 0 Å². The van der Waals surface area contributed by atoms with Gasteiger partial charge in [0.05, 0.1) is 6.54 Å². The average Bonchev–Trinajstić information content (AvgIpc) is 2.06. The zero-order chi connectivity index (χ0) is 13.7. The zero-order valence-electron chi connectivity index (χ0n) is 8.37. The molecule has 0 bridgehead atoms. The Bertz CT molecular complexity index is 321. The summed E-state index contributed by atoms with van der Waals surface area (Å²) in [5.74, 6) is -0.895. The molecule has 0 rings (SSSR count).